The Morgan fingerprint density at radius 3 is 2.18 bits per heavy atom. The standard InChI is InChI=1S/C15H29NS/c1-4-5-6-7-8-9-10-12-15(2,3)17-14-11-13-16/h4-12,14H2,1-3H3. The lowest BCUT2D eigenvalue weighted by molar-refractivity contribution is 0.536. The molecule has 0 aromatic carbocycles. The van der Waals surface area contributed by atoms with Crippen LogP contribution in [0, 0.1) is 11.3 Å². The minimum absolute atomic E-state index is 0.361. The van der Waals surface area contributed by atoms with Crippen molar-refractivity contribution in [3.05, 3.63) is 0 Å². The van der Waals surface area contributed by atoms with Crippen molar-refractivity contribution in [2.75, 3.05) is 5.75 Å². The zero-order valence-corrected chi connectivity index (χ0v) is 12.7. The molecule has 100 valence electrons. The minimum Gasteiger partial charge on any atom is -0.198 e. The van der Waals surface area contributed by atoms with E-state index in [1.807, 2.05) is 11.8 Å². The summed E-state index contributed by atoms with van der Waals surface area (Å²) < 4.78 is 0.361. The van der Waals surface area contributed by atoms with E-state index in [1.165, 1.54) is 51.4 Å². The van der Waals surface area contributed by atoms with Crippen molar-refractivity contribution in [1.29, 1.82) is 5.26 Å². The fraction of sp³-hybridized carbons (Fsp3) is 0.933. The second-order valence-corrected chi connectivity index (χ2v) is 7.19. The van der Waals surface area contributed by atoms with Gasteiger partial charge in [0.15, 0.2) is 0 Å². The van der Waals surface area contributed by atoms with E-state index in [9.17, 15) is 0 Å². The van der Waals surface area contributed by atoms with Crippen LogP contribution in [0.4, 0.5) is 0 Å². The monoisotopic (exact) mass is 255 g/mol. The largest absolute Gasteiger partial charge is 0.198 e. The van der Waals surface area contributed by atoms with Gasteiger partial charge in [-0.2, -0.15) is 17.0 Å². The molecule has 2 heteroatoms. The average molecular weight is 255 g/mol. The van der Waals surface area contributed by atoms with Crippen LogP contribution in [0.25, 0.3) is 0 Å². The second kappa shape index (κ2) is 11.0. The molecule has 0 amide bonds. The summed E-state index contributed by atoms with van der Waals surface area (Å²) in [6.45, 7) is 6.89. The van der Waals surface area contributed by atoms with Gasteiger partial charge in [0.05, 0.1) is 6.07 Å². The maximum Gasteiger partial charge on any atom is 0.0630 e. The topological polar surface area (TPSA) is 23.8 Å². The maximum absolute atomic E-state index is 8.52. The van der Waals surface area contributed by atoms with Gasteiger partial charge < -0.3 is 0 Å². The minimum atomic E-state index is 0.361. The van der Waals surface area contributed by atoms with Gasteiger partial charge in [-0.05, 0) is 6.42 Å². The number of hydrogen-bond donors (Lipinski definition) is 0. The fourth-order valence-electron chi connectivity index (χ4n) is 1.95. The molecule has 0 saturated carbocycles. The lowest BCUT2D eigenvalue weighted by atomic mass is 10.0. The third kappa shape index (κ3) is 12.1. The Labute approximate surface area is 112 Å². The summed E-state index contributed by atoms with van der Waals surface area (Å²) >= 11 is 1.95. The third-order valence-corrected chi connectivity index (χ3v) is 4.48. The smallest absolute Gasteiger partial charge is 0.0630 e. The Bertz CT molecular complexity index is 205. The number of unbranched alkanes of at least 4 members (excludes halogenated alkanes) is 6. The average Bonchev–Trinajstić information content (AvgIpc) is 2.28. The Balaban J connectivity index is 3.36. The van der Waals surface area contributed by atoms with E-state index in [-0.39, 0.29) is 0 Å². The first-order chi connectivity index (χ1) is 8.12. The molecule has 0 radical (unpaired) electrons. The van der Waals surface area contributed by atoms with Gasteiger partial charge in [0.1, 0.15) is 0 Å². The first-order valence-corrected chi connectivity index (χ1v) is 8.12. The summed E-state index contributed by atoms with van der Waals surface area (Å²) in [4.78, 5) is 0. The number of hydrogen-bond acceptors (Lipinski definition) is 2. The van der Waals surface area contributed by atoms with E-state index in [0.29, 0.717) is 11.2 Å². The molecular formula is C15H29NS. The maximum atomic E-state index is 8.52. The molecule has 0 aliphatic heterocycles. The Morgan fingerprint density at radius 1 is 1.00 bits per heavy atom. The predicted octanol–water partition coefficient (Wildman–Crippen LogP) is 5.55. The van der Waals surface area contributed by atoms with Gasteiger partial charge in [0, 0.05) is 16.9 Å². The lowest BCUT2D eigenvalue weighted by Crippen LogP contribution is -2.15. The molecule has 0 N–H and O–H groups in total. The molecule has 0 heterocycles. The number of nitriles is 1. The van der Waals surface area contributed by atoms with E-state index in [1.54, 1.807) is 0 Å². The van der Waals surface area contributed by atoms with Crippen LogP contribution >= 0.6 is 11.8 Å². The lowest BCUT2D eigenvalue weighted by Gasteiger charge is -2.23. The summed E-state index contributed by atoms with van der Waals surface area (Å²) in [5.41, 5.74) is 0. The summed E-state index contributed by atoms with van der Waals surface area (Å²) in [6, 6.07) is 2.22. The van der Waals surface area contributed by atoms with Crippen LogP contribution in [0.2, 0.25) is 0 Å². The highest BCUT2D eigenvalue weighted by Gasteiger charge is 2.16. The molecular weight excluding hydrogens is 226 g/mol. The van der Waals surface area contributed by atoms with Crippen molar-refractivity contribution in [2.24, 2.45) is 0 Å². The van der Waals surface area contributed by atoms with E-state index in [2.05, 4.69) is 26.8 Å². The van der Waals surface area contributed by atoms with Crippen molar-refractivity contribution in [2.45, 2.75) is 83.3 Å². The van der Waals surface area contributed by atoms with Gasteiger partial charge in [0.2, 0.25) is 0 Å². The Hall–Kier alpha value is -0.160. The Morgan fingerprint density at radius 2 is 1.59 bits per heavy atom. The molecule has 0 atom stereocenters. The molecule has 0 aliphatic rings. The number of nitrogens with zero attached hydrogens (tertiary/aromatic N) is 1. The molecule has 0 unspecified atom stereocenters. The third-order valence-electron chi connectivity index (χ3n) is 3.09. The summed E-state index contributed by atoms with van der Waals surface area (Å²) in [7, 11) is 0. The second-order valence-electron chi connectivity index (χ2n) is 5.39. The summed E-state index contributed by atoms with van der Waals surface area (Å²) in [5, 5.41) is 8.52. The van der Waals surface area contributed by atoms with E-state index < -0.39 is 0 Å². The van der Waals surface area contributed by atoms with Gasteiger partial charge in [0.25, 0.3) is 0 Å². The van der Waals surface area contributed by atoms with E-state index >= 15 is 0 Å². The molecule has 0 aromatic rings. The van der Waals surface area contributed by atoms with Crippen LogP contribution in [0.15, 0.2) is 0 Å². The normalized spacial score (nSPS) is 11.4. The van der Waals surface area contributed by atoms with Crippen molar-refractivity contribution in [1.82, 2.24) is 0 Å². The first kappa shape index (κ1) is 16.8. The van der Waals surface area contributed by atoms with Crippen molar-refractivity contribution in [3.63, 3.8) is 0 Å². The van der Waals surface area contributed by atoms with Crippen molar-refractivity contribution in [3.8, 4) is 6.07 Å². The quantitative estimate of drug-likeness (QED) is 0.452. The van der Waals surface area contributed by atoms with Gasteiger partial charge in [-0.1, -0.05) is 65.7 Å². The molecule has 1 nitrogen and oxygen atoms in total. The van der Waals surface area contributed by atoms with Crippen LogP contribution in [0.3, 0.4) is 0 Å². The van der Waals surface area contributed by atoms with Gasteiger partial charge in [-0.3, -0.25) is 0 Å². The number of rotatable bonds is 11. The molecule has 0 spiro atoms. The molecule has 0 rings (SSSR count). The summed E-state index contributed by atoms with van der Waals surface area (Å²) in [6.07, 6.45) is 11.7. The van der Waals surface area contributed by atoms with Crippen molar-refractivity contribution < 1.29 is 0 Å². The van der Waals surface area contributed by atoms with Gasteiger partial charge in [-0.15, -0.1) is 0 Å². The summed E-state index contributed by atoms with van der Waals surface area (Å²) in [5.74, 6) is 0.986. The van der Waals surface area contributed by atoms with Crippen LogP contribution in [-0.2, 0) is 0 Å². The molecule has 0 saturated heterocycles. The van der Waals surface area contributed by atoms with Gasteiger partial charge >= 0.3 is 0 Å². The molecule has 17 heavy (non-hydrogen) atoms. The zero-order valence-electron chi connectivity index (χ0n) is 11.9. The number of thioether (sulfide) groups is 1. The van der Waals surface area contributed by atoms with Gasteiger partial charge in [-0.25, -0.2) is 0 Å². The van der Waals surface area contributed by atoms with Crippen LogP contribution < -0.4 is 0 Å². The Kier molecular flexibility index (Phi) is 10.9. The highest BCUT2D eigenvalue weighted by Crippen LogP contribution is 2.30. The van der Waals surface area contributed by atoms with Crippen LogP contribution in [-0.4, -0.2) is 10.5 Å². The molecule has 0 aromatic heterocycles. The SMILES string of the molecule is CCCCCCCCCC(C)(C)SCCC#N. The van der Waals surface area contributed by atoms with Crippen molar-refractivity contribution >= 4 is 11.8 Å². The van der Waals surface area contributed by atoms with E-state index in [4.69, 9.17) is 5.26 Å². The molecule has 0 aliphatic carbocycles. The zero-order chi connectivity index (χ0) is 13.0. The van der Waals surface area contributed by atoms with Crippen LogP contribution in [0.5, 0.6) is 0 Å². The van der Waals surface area contributed by atoms with E-state index in [0.717, 1.165) is 5.75 Å². The van der Waals surface area contributed by atoms with Crippen LogP contribution in [0.1, 0.15) is 78.6 Å². The first-order valence-electron chi connectivity index (χ1n) is 7.13. The highest BCUT2D eigenvalue weighted by atomic mass is 32.2. The molecule has 0 bridgehead atoms. The highest BCUT2D eigenvalue weighted by molar-refractivity contribution is 8.00. The predicted molar refractivity (Wildman–Crippen MR) is 79.4 cm³/mol. The fourth-order valence-corrected chi connectivity index (χ4v) is 2.99. The molecule has 0 fully saturated rings.